The number of aliphatic carboxylic acids is 1. The number of halogens is 1. The predicted octanol–water partition coefficient (Wildman–Crippen LogP) is 2.77. The molecule has 0 fully saturated rings. The van der Waals surface area contributed by atoms with Crippen LogP contribution in [0.4, 0.5) is 10.1 Å². The highest BCUT2D eigenvalue weighted by molar-refractivity contribution is 5.97. The van der Waals surface area contributed by atoms with Gasteiger partial charge in [0, 0.05) is 5.69 Å². The van der Waals surface area contributed by atoms with Gasteiger partial charge in [-0.3, -0.25) is 14.4 Å². The van der Waals surface area contributed by atoms with Crippen molar-refractivity contribution in [2.45, 2.75) is 32.7 Å². The quantitative estimate of drug-likeness (QED) is 0.650. The van der Waals surface area contributed by atoms with Gasteiger partial charge in [0.15, 0.2) is 0 Å². The monoisotopic (exact) mass is 386 g/mol. The molecule has 148 valence electrons. The number of rotatable bonds is 8. The Bertz CT molecular complexity index is 853. The lowest BCUT2D eigenvalue weighted by Crippen LogP contribution is -2.47. The summed E-state index contributed by atoms with van der Waals surface area (Å²) in [6.07, 6.45) is -0.292. The third-order valence-electron chi connectivity index (χ3n) is 4.14. The van der Waals surface area contributed by atoms with E-state index in [1.54, 1.807) is 13.8 Å². The van der Waals surface area contributed by atoms with E-state index in [9.17, 15) is 18.8 Å². The van der Waals surface area contributed by atoms with E-state index in [0.717, 1.165) is 11.6 Å². The number of carboxylic acids is 1. The van der Waals surface area contributed by atoms with Gasteiger partial charge in [-0.25, -0.2) is 4.39 Å². The van der Waals surface area contributed by atoms with Crippen LogP contribution >= 0.6 is 0 Å². The predicted molar refractivity (Wildman–Crippen MR) is 103 cm³/mol. The summed E-state index contributed by atoms with van der Waals surface area (Å²) < 4.78 is 14.0. The molecular formula is C21H23FN2O4. The molecule has 0 aliphatic rings. The smallest absolute Gasteiger partial charge is 0.307 e. The first-order valence-electron chi connectivity index (χ1n) is 8.90. The topological polar surface area (TPSA) is 95.5 Å². The Morgan fingerprint density at radius 2 is 1.71 bits per heavy atom. The second-order valence-electron chi connectivity index (χ2n) is 6.82. The molecule has 0 heterocycles. The van der Waals surface area contributed by atoms with Crippen molar-refractivity contribution in [3.05, 3.63) is 65.5 Å². The first-order valence-corrected chi connectivity index (χ1v) is 8.90. The second-order valence-corrected chi connectivity index (χ2v) is 6.82. The van der Waals surface area contributed by atoms with Crippen molar-refractivity contribution in [3.63, 3.8) is 0 Å². The molecule has 0 aromatic heterocycles. The third kappa shape index (κ3) is 6.19. The maximum atomic E-state index is 14.0. The third-order valence-corrected chi connectivity index (χ3v) is 4.14. The van der Waals surface area contributed by atoms with Gasteiger partial charge in [-0.1, -0.05) is 50.2 Å². The van der Waals surface area contributed by atoms with Gasteiger partial charge in [-0.05, 0) is 29.2 Å². The van der Waals surface area contributed by atoms with Gasteiger partial charge in [-0.15, -0.1) is 0 Å². The van der Waals surface area contributed by atoms with Gasteiger partial charge < -0.3 is 15.7 Å². The van der Waals surface area contributed by atoms with Gasteiger partial charge in [0.25, 0.3) is 0 Å². The van der Waals surface area contributed by atoms with Crippen LogP contribution in [0.3, 0.4) is 0 Å². The van der Waals surface area contributed by atoms with Crippen LogP contribution in [0, 0.1) is 11.7 Å². The molecule has 0 spiro atoms. The van der Waals surface area contributed by atoms with Crippen molar-refractivity contribution < 1.29 is 23.9 Å². The zero-order chi connectivity index (χ0) is 20.7. The summed E-state index contributed by atoms with van der Waals surface area (Å²) in [6.45, 7) is 3.59. The number of anilines is 1. The Balaban J connectivity index is 2.03. The number of nitrogens with one attached hydrogen (secondary N) is 2. The van der Waals surface area contributed by atoms with Crippen molar-refractivity contribution in [3.8, 4) is 0 Å². The minimum absolute atomic E-state index is 0.0297. The fourth-order valence-electron chi connectivity index (χ4n) is 2.69. The zero-order valence-corrected chi connectivity index (χ0v) is 15.7. The maximum absolute atomic E-state index is 14.0. The van der Waals surface area contributed by atoms with E-state index in [-0.39, 0.29) is 29.5 Å². The molecule has 2 amide bonds. The summed E-state index contributed by atoms with van der Waals surface area (Å²) in [6, 6.07) is 12.2. The minimum atomic E-state index is -1.14. The van der Waals surface area contributed by atoms with Crippen molar-refractivity contribution in [1.29, 1.82) is 0 Å². The van der Waals surface area contributed by atoms with Crippen LogP contribution in [0.2, 0.25) is 0 Å². The zero-order valence-electron chi connectivity index (χ0n) is 15.7. The molecule has 1 atom stereocenters. The van der Waals surface area contributed by atoms with E-state index < -0.39 is 30.2 Å². The summed E-state index contributed by atoms with van der Waals surface area (Å²) in [4.78, 5) is 35.6. The number of carbonyl (C=O) groups excluding carboxylic acids is 2. The van der Waals surface area contributed by atoms with Crippen LogP contribution in [0.25, 0.3) is 0 Å². The van der Waals surface area contributed by atoms with Gasteiger partial charge in [0.1, 0.15) is 11.9 Å². The van der Waals surface area contributed by atoms with Crippen LogP contribution in [-0.2, 0) is 27.2 Å². The summed E-state index contributed by atoms with van der Waals surface area (Å²) in [5, 5.41) is 14.0. The highest BCUT2D eigenvalue weighted by atomic mass is 19.1. The lowest BCUT2D eigenvalue weighted by atomic mass is 10.0. The first-order chi connectivity index (χ1) is 13.3. The van der Waals surface area contributed by atoms with Crippen molar-refractivity contribution in [2.24, 2.45) is 5.92 Å². The van der Waals surface area contributed by atoms with Gasteiger partial charge in [0.2, 0.25) is 11.8 Å². The fraction of sp³-hybridized carbons (Fsp3) is 0.286. The second kappa shape index (κ2) is 9.64. The van der Waals surface area contributed by atoms with Crippen LogP contribution in [0.1, 0.15) is 25.0 Å². The van der Waals surface area contributed by atoms with Crippen molar-refractivity contribution in [2.75, 3.05) is 5.32 Å². The molecule has 7 heteroatoms. The average molecular weight is 386 g/mol. The maximum Gasteiger partial charge on any atom is 0.307 e. The molecule has 0 aliphatic carbocycles. The minimum Gasteiger partial charge on any atom is -0.481 e. The van der Waals surface area contributed by atoms with Crippen LogP contribution in [0.5, 0.6) is 0 Å². The first kappa shape index (κ1) is 21.1. The summed E-state index contributed by atoms with van der Waals surface area (Å²) in [5.74, 6) is -2.80. The SMILES string of the molecule is CC(C)C(NC(=O)Cc1ccccc1)C(=O)Nc1ccc(CC(=O)O)c(F)c1. The van der Waals surface area contributed by atoms with E-state index >= 15 is 0 Å². The molecule has 1 unspecified atom stereocenters. The molecular weight excluding hydrogens is 363 g/mol. The highest BCUT2D eigenvalue weighted by Gasteiger charge is 2.24. The lowest BCUT2D eigenvalue weighted by molar-refractivity contribution is -0.136. The molecule has 2 aromatic carbocycles. The number of hydrogen-bond donors (Lipinski definition) is 3. The summed E-state index contributed by atoms with van der Waals surface area (Å²) in [7, 11) is 0. The van der Waals surface area contributed by atoms with E-state index in [2.05, 4.69) is 10.6 Å². The van der Waals surface area contributed by atoms with Crippen LogP contribution in [-0.4, -0.2) is 28.9 Å². The van der Waals surface area contributed by atoms with E-state index in [1.807, 2.05) is 30.3 Å². The molecule has 0 saturated heterocycles. The van der Waals surface area contributed by atoms with Gasteiger partial charge in [0.05, 0.1) is 12.8 Å². The average Bonchev–Trinajstić information content (AvgIpc) is 2.62. The summed E-state index contributed by atoms with van der Waals surface area (Å²) in [5.41, 5.74) is 1.06. The van der Waals surface area contributed by atoms with E-state index in [0.29, 0.717) is 0 Å². The van der Waals surface area contributed by atoms with Crippen molar-refractivity contribution in [1.82, 2.24) is 5.32 Å². The molecule has 0 radical (unpaired) electrons. The Kier molecular flexibility index (Phi) is 7.26. The Labute approximate surface area is 162 Å². The number of benzene rings is 2. The Morgan fingerprint density at radius 3 is 2.29 bits per heavy atom. The van der Waals surface area contributed by atoms with Crippen LogP contribution in [0.15, 0.2) is 48.5 Å². The molecule has 0 aliphatic heterocycles. The molecule has 0 bridgehead atoms. The summed E-state index contributed by atoms with van der Waals surface area (Å²) >= 11 is 0. The molecule has 3 N–H and O–H groups in total. The number of carbonyl (C=O) groups is 3. The Morgan fingerprint density at radius 1 is 1.04 bits per heavy atom. The molecule has 28 heavy (non-hydrogen) atoms. The molecule has 6 nitrogen and oxygen atoms in total. The molecule has 0 saturated carbocycles. The molecule has 2 rings (SSSR count). The number of amides is 2. The number of hydrogen-bond acceptors (Lipinski definition) is 3. The van der Waals surface area contributed by atoms with E-state index in [4.69, 9.17) is 5.11 Å². The van der Waals surface area contributed by atoms with E-state index in [1.165, 1.54) is 12.1 Å². The van der Waals surface area contributed by atoms with Crippen LogP contribution < -0.4 is 10.6 Å². The van der Waals surface area contributed by atoms with Gasteiger partial charge >= 0.3 is 5.97 Å². The highest BCUT2D eigenvalue weighted by Crippen LogP contribution is 2.16. The molecule has 2 aromatic rings. The van der Waals surface area contributed by atoms with Gasteiger partial charge in [-0.2, -0.15) is 0 Å². The normalized spacial score (nSPS) is 11.7. The standard InChI is InChI=1S/C21H23FN2O4/c1-13(2)20(24-18(25)10-14-6-4-3-5-7-14)21(28)23-16-9-8-15(11-19(26)27)17(22)12-16/h3-9,12-13,20H,10-11H2,1-2H3,(H,23,28)(H,24,25)(H,26,27). The fourth-order valence-corrected chi connectivity index (χ4v) is 2.69. The number of carboxylic acid groups (broad SMARTS) is 1. The largest absolute Gasteiger partial charge is 0.481 e. The Hall–Kier alpha value is -3.22. The lowest BCUT2D eigenvalue weighted by Gasteiger charge is -2.22. The van der Waals surface area contributed by atoms with Crippen molar-refractivity contribution >= 4 is 23.5 Å².